The largest absolute Gasteiger partial charge is 0.310 e. The minimum Gasteiger partial charge on any atom is -0.310 e. The minimum atomic E-state index is -0.429. The molecule has 12 aromatic rings. The molecule has 1 spiro atoms. The van der Waals surface area contributed by atoms with Crippen LogP contribution in [0.4, 0.5) is 17.1 Å². The second-order valence-corrected chi connectivity index (χ2v) is 17.6. The molecular weight excluding hydrogens is 785 g/mol. The number of para-hydroxylation sites is 1. The fraction of sp³-hybridized carbons (Fsp3) is 0.0159. The number of nitrogens with zero attached hydrogens (tertiary/aromatic N) is 2. The molecule has 1 aromatic heterocycles. The van der Waals surface area contributed by atoms with Crippen molar-refractivity contribution in [2.75, 3.05) is 4.90 Å². The van der Waals surface area contributed by atoms with Crippen LogP contribution in [0.2, 0.25) is 0 Å². The predicted molar refractivity (Wildman–Crippen MR) is 272 cm³/mol. The van der Waals surface area contributed by atoms with E-state index in [1.807, 2.05) is 0 Å². The van der Waals surface area contributed by atoms with Gasteiger partial charge in [-0.15, -0.1) is 0 Å². The van der Waals surface area contributed by atoms with Crippen LogP contribution >= 0.6 is 0 Å². The van der Waals surface area contributed by atoms with Crippen LogP contribution in [-0.4, -0.2) is 4.57 Å². The van der Waals surface area contributed by atoms with E-state index in [0.717, 1.165) is 22.7 Å². The highest BCUT2D eigenvalue weighted by Crippen LogP contribution is 2.64. The highest BCUT2D eigenvalue weighted by Gasteiger charge is 2.52. The van der Waals surface area contributed by atoms with Crippen molar-refractivity contribution in [3.05, 3.63) is 265 Å². The number of fused-ring (bicyclic) bond motifs is 16. The zero-order valence-corrected chi connectivity index (χ0v) is 35.5. The van der Waals surface area contributed by atoms with Gasteiger partial charge < -0.3 is 9.47 Å². The van der Waals surface area contributed by atoms with Gasteiger partial charge in [0.25, 0.3) is 0 Å². The Morgan fingerprint density at radius 1 is 0.338 bits per heavy atom. The third-order valence-electron chi connectivity index (χ3n) is 14.4. The molecule has 0 atom stereocenters. The van der Waals surface area contributed by atoms with Gasteiger partial charge in [0, 0.05) is 38.8 Å². The Labute approximate surface area is 377 Å². The highest BCUT2D eigenvalue weighted by molar-refractivity contribution is 6.19. The van der Waals surface area contributed by atoms with E-state index in [4.69, 9.17) is 0 Å². The van der Waals surface area contributed by atoms with Crippen molar-refractivity contribution in [2.24, 2.45) is 0 Å². The Hall–Kier alpha value is -8.46. The Kier molecular flexibility index (Phi) is 7.64. The summed E-state index contributed by atoms with van der Waals surface area (Å²) in [6.45, 7) is 0. The van der Waals surface area contributed by atoms with Crippen LogP contribution in [0.3, 0.4) is 0 Å². The predicted octanol–water partition coefficient (Wildman–Crippen LogP) is 16.6. The van der Waals surface area contributed by atoms with E-state index < -0.39 is 5.41 Å². The van der Waals surface area contributed by atoms with Gasteiger partial charge in [-0.05, 0) is 115 Å². The smallest absolute Gasteiger partial charge is 0.0726 e. The number of rotatable bonds is 5. The first-order valence-corrected chi connectivity index (χ1v) is 22.6. The van der Waals surface area contributed by atoms with E-state index in [9.17, 15) is 0 Å². The van der Waals surface area contributed by atoms with Gasteiger partial charge in [0.1, 0.15) is 0 Å². The Bertz CT molecular complexity index is 3850. The van der Waals surface area contributed by atoms with Gasteiger partial charge in [0.05, 0.1) is 22.1 Å². The summed E-state index contributed by atoms with van der Waals surface area (Å²) in [6, 6.07) is 90.1. The third kappa shape index (κ3) is 5.05. The molecule has 0 saturated heterocycles. The summed E-state index contributed by atoms with van der Waals surface area (Å²) in [7, 11) is 0. The molecule has 2 heteroatoms. The lowest BCUT2D eigenvalue weighted by atomic mass is 9.70. The summed E-state index contributed by atoms with van der Waals surface area (Å²) in [5.41, 5.74) is 19.5. The minimum absolute atomic E-state index is 0.429. The van der Waals surface area contributed by atoms with E-state index in [2.05, 4.69) is 252 Å². The summed E-state index contributed by atoms with van der Waals surface area (Å²) in [5.74, 6) is 0. The summed E-state index contributed by atoms with van der Waals surface area (Å²) in [4.78, 5) is 2.49. The first-order valence-electron chi connectivity index (χ1n) is 22.6. The molecule has 0 aliphatic heterocycles. The Morgan fingerprint density at radius 3 is 1.68 bits per heavy atom. The fourth-order valence-corrected chi connectivity index (χ4v) is 11.7. The lowest BCUT2D eigenvalue weighted by Gasteiger charge is -2.32. The molecule has 0 fully saturated rings. The molecule has 0 N–H and O–H groups in total. The molecule has 2 aliphatic rings. The van der Waals surface area contributed by atoms with Crippen molar-refractivity contribution in [3.8, 4) is 39.1 Å². The zero-order valence-electron chi connectivity index (χ0n) is 35.5. The van der Waals surface area contributed by atoms with Gasteiger partial charge in [-0.3, -0.25) is 0 Å². The average molecular weight is 825 g/mol. The number of hydrogen-bond acceptors (Lipinski definition) is 1. The number of aromatic nitrogens is 1. The van der Waals surface area contributed by atoms with Crippen molar-refractivity contribution < 1.29 is 0 Å². The fourth-order valence-electron chi connectivity index (χ4n) is 11.7. The standard InChI is InChI=1S/C63H40N2/c1-2-18-46(19-3-1)65-60-40-45(33-37-52(60)53-38-32-43-16-6-7-20-49(43)62(53)65)42-29-34-47(35-30-42)64(48-36-31-41-15-4-5-17-44(41)39-48)59-28-14-27-58-61(59)54-23-10-13-26-57(54)63(58)55-24-11-8-21-50(55)51-22-9-12-25-56(51)63/h1-40H. The molecule has 14 rings (SSSR count). The third-order valence-corrected chi connectivity index (χ3v) is 14.4. The number of hydrogen-bond donors (Lipinski definition) is 0. The van der Waals surface area contributed by atoms with Gasteiger partial charge in [-0.25, -0.2) is 0 Å². The van der Waals surface area contributed by atoms with E-state index in [-0.39, 0.29) is 0 Å². The maximum absolute atomic E-state index is 2.49. The maximum atomic E-state index is 2.49. The molecule has 2 nitrogen and oxygen atoms in total. The molecule has 1 heterocycles. The molecular formula is C63H40N2. The van der Waals surface area contributed by atoms with Crippen LogP contribution in [0.15, 0.2) is 243 Å². The SMILES string of the molecule is c1ccc(-n2c3cc(-c4ccc(N(c5ccc6ccccc6c5)c5cccc6c5-c5ccccc5C65c6ccccc6-c6ccccc65)cc4)ccc3c3ccc4ccccc4c32)cc1. The van der Waals surface area contributed by atoms with Crippen LogP contribution in [0.5, 0.6) is 0 Å². The average Bonchev–Trinajstić information content (AvgIpc) is 3.99. The van der Waals surface area contributed by atoms with E-state index in [1.54, 1.807) is 0 Å². The molecule has 0 radical (unpaired) electrons. The van der Waals surface area contributed by atoms with Crippen LogP contribution in [-0.2, 0) is 5.41 Å². The van der Waals surface area contributed by atoms with Crippen LogP contribution in [0, 0.1) is 0 Å². The summed E-state index contributed by atoms with van der Waals surface area (Å²) in [5, 5.41) is 7.45. The van der Waals surface area contributed by atoms with Crippen molar-refractivity contribution in [3.63, 3.8) is 0 Å². The van der Waals surface area contributed by atoms with Gasteiger partial charge in [0.15, 0.2) is 0 Å². The van der Waals surface area contributed by atoms with Crippen molar-refractivity contribution in [1.82, 2.24) is 4.57 Å². The maximum Gasteiger partial charge on any atom is 0.0726 e. The Morgan fingerprint density at radius 2 is 0.908 bits per heavy atom. The summed E-state index contributed by atoms with van der Waals surface area (Å²) in [6.07, 6.45) is 0. The van der Waals surface area contributed by atoms with E-state index in [1.165, 1.54) is 99.0 Å². The molecule has 65 heavy (non-hydrogen) atoms. The van der Waals surface area contributed by atoms with Gasteiger partial charge in [-0.2, -0.15) is 0 Å². The molecule has 2 aliphatic carbocycles. The number of anilines is 3. The molecule has 0 saturated carbocycles. The molecule has 0 unspecified atom stereocenters. The van der Waals surface area contributed by atoms with Gasteiger partial charge in [-0.1, -0.05) is 194 Å². The summed E-state index contributed by atoms with van der Waals surface area (Å²) >= 11 is 0. The van der Waals surface area contributed by atoms with Gasteiger partial charge >= 0.3 is 0 Å². The van der Waals surface area contributed by atoms with Crippen LogP contribution in [0.25, 0.3) is 82.4 Å². The normalized spacial score (nSPS) is 13.0. The second kappa shape index (κ2) is 13.8. The lowest BCUT2D eigenvalue weighted by molar-refractivity contribution is 0.794. The first kappa shape index (κ1) is 36.1. The summed E-state index contributed by atoms with van der Waals surface area (Å²) < 4.78 is 2.45. The highest BCUT2D eigenvalue weighted by atomic mass is 15.1. The molecule has 0 bridgehead atoms. The van der Waals surface area contributed by atoms with E-state index >= 15 is 0 Å². The second-order valence-electron chi connectivity index (χ2n) is 17.6. The van der Waals surface area contributed by atoms with Crippen molar-refractivity contribution >= 4 is 60.4 Å². The Balaban J connectivity index is 0.969. The van der Waals surface area contributed by atoms with Gasteiger partial charge in [0.2, 0.25) is 0 Å². The quantitative estimate of drug-likeness (QED) is 0.168. The van der Waals surface area contributed by atoms with Crippen LogP contribution < -0.4 is 4.90 Å². The molecule has 11 aromatic carbocycles. The topological polar surface area (TPSA) is 8.17 Å². The zero-order chi connectivity index (χ0) is 42.6. The first-order chi connectivity index (χ1) is 32.3. The number of benzene rings is 11. The van der Waals surface area contributed by atoms with Crippen molar-refractivity contribution in [2.45, 2.75) is 5.41 Å². The molecule has 0 amide bonds. The van der Waals surface area contributed by atoms with E-state index in [0.29, 0.717) is 0 Å². The lowest BCUT2D eigenvalue weighted by Crippen LogP contribution is -2.26. The monoisotopic (exact) mass is 824 g/mol. The van der Waals surface area contributed by atoms with Crippen LogP contribution in [0.1, 0.15) is 22.3 Å². The molecule has 302 valence electrons. The van der Waals surface area contributed by atoms with Crippen molar-refractivity contribution in [1.29, 1.82) is 0 Å².